The van der Waals surface area contributed by atoms with Crippen LogP contribution in [0.2, 0.25) is 0 Å². The second-order valence-corrected chi connectivity index (χ2v) is 6.91. The van der Waals surface area contributed by atoms with Crippen LogP contribution < -0.4 is 5.32 Å². The van der Waals surface area contributed by atoms with E-state index in [1.54, 1.807) is 23.1 Å². The molecule has 18 heavy (non-hydrogen) atoms. The highest BCUT2D eigenvalue weighted by Gasteiger charge is 2.17. The molecule has 1 aromatic rings. The summed E-state index contributed by atoms with van der Waals surface area (Å²) in [6.45, 7) is 1.99. The van der Waals surface area contributed by atoms with Crippen molar-refractivity contribution in [2.45, 2.75) is 55.8 Å². The van der Waals surface area contributed by atoms with Gasteiger partial charge in [0.1, 0.15) is 4.34 Å². The molecular formula is C13H20N2OS2. The number of aromatic nitrogens is 1. The first-order valence-electron chi connectivity index (χ1n) is 6.48. The number of carbonyl (C=O) groups excluding carboxylic acids is 1. The van der Waals surface area contributed by atoms with Crippen LogP contribution in [-0.4, -0.2) is 23.2 Å². The maximum absolute atomic E-state index is 12.0. The lowest BCUT2D eigenvalue weighted by Gasteiger charge is -2.22. The summed E-state index contributed by atoms with van der Waals surface area (Å²) < 4.78 is 1.05. The molecule has 5 heteroatoms. The number of thioether (sulfide) groups is 1. The zero-order valence-electron chi connectivity index (χ0n) is 11.0. The van der Waals surface area contributed by atoms with Crippen LogP contribution in [-0.2, 0) is 11.2 Å². The Morgan fingerprint density at radius 1 is 1.44 bits per heavy atom. The standard InChI is InChI=1S/C13H20N2OS2/c1-9-11(18-13(14-9)17-2)8-12(16)15-10-6-4-3-5-7-10/h10H,3-8H2,1-2H3,(H,15,16). The van der Waals surface area contributed by atoms with Gasteiger partial charge in [-0.2, -0.15) is 0 Å². The van der Waals surface area contributed by atoms with Gasteiger partial charge in [0.25, 0.3) is 0 Å². The van der Waals surface area contributed by atoms with E-state index < -0.39 is 0 Å². The lowest BCUT2D eigenvalue weighted by molar-refractivity contribution is -0.121. The molecule has 1 aliphatic rings. The zero-order chi connectivity index (χ0) is 13.0. The summed E-state index contributed by atoms with van der Waals surface area (Å²) in [5, 5.41) is 3.15. The molecular weight excluding hydrogens is 264 g/mol. The summed E-state index contributed by atoms with van der Waals surface area (Å²) in [6.07, 6.45) is 8.61. The molecule has 1 amide bonds. The van der Waals surface area contributed by atoms with Crippen molar-refractivity contribution in [3.05, 3.63) is 10.6 Å². The number of hydrogen-bond donors (Lipinski definition) is 1. The Bertz CT molecular complexity index is 411. The maximum Gasteiger partial charge on any atom is 0.225 e. The van der Waals surface area contributed by atoms with E-state index in [-0.39, 0.29) is 5.91 Å². The summed E-state index contributed by atoms with van der Waals surface area (Å²) in [5.74, 6) is 0.154. The Balaban J connectivity index is 1.87. The molecule has 1 aliphatic carbocycles. The summed E-state index contributed by atoms with van der Waals surface area (Å²) in [4.78, 5) is 17.5. The molecule has 2 rings (SSSR count). The fourth-order valence-electron chi connectivity index (χ4n) is 2.32. The van der Waals surface area contributed by atoms with E-state index in [0.717, 1.165) is 27.8 Å². The summed E-state index contributed by atoms with van der Waals surface area (Å²) >= 11 is 3.28. The van der Waals surface area contributed by atoms with Crippen molar-refractivity contribution in [3.8, 4) is 0 Å². The third-order valence-electron chi connectivity index (χ3n) is 3.34. The Hall–Kier alpha value is -0.550. The lowest BCUT2D eigenvalue weighted by Crippen LogP contribution is -2.37. The topological polar surface area (TPSA) is 42.0 Å². The third kappa shape index (κ3) is 3.72. The van der Waals surface area contributed by atoms with Crippen molar-refractivity contribution < 1.29 is 4.79 Å². The normalized spacial score (nSPS) is 16.8. The summed E-state index contributed by atoms with van der Waals surface area (Å²) in [6, 6.07) is 0.402. The van der Waals surface area contributed by atoms with E-state index in [0.29, 0.717) is 12.5 Å². The number of thiazole rings is 1. The first-order chi connectivity index (χ1) is 8.69. The van der Waals surface area contributed by atoms with Gasteiger partial charge in [0, 0.05) is 10.9 Å². The van der Waals surface area contributed by atoms with E-state index in [9.17, 15) is 4.79 Å². The molecule has 1 heterocycles. The molecule has 0 unspecified atom stereocenters. The van der Waals surface area contributed by atoms with E-state index in [1.165, 1.54) is 19.3 Å². The highest BCUT2D eigenvalue weighted by molar-refractivity contribution is 8.00. The highest BCUT2D eigenvalue weighted by atomic mass is 32.2. The molecule has 0 aromatic carbocycles. The Kier molecular flexibility index (Phi) is 5.06. The number of aryl methyl sites for hydroxylation is 1. The molecule has 0 radical (unpaired) electrons. The van der Waals surface area contributed by atoms with Crippen LogP contribution in [0.3, 0.4) is 0 Å². The molecule has 1 fully saturated rings. The van der Waals surface area contributed by atoms with Gasteiger partial charge in [-0.15, -0.1) is 11.3 Å². The molecule has 0 atom stereocenters. The van der Waals surface area contributed by atoms with E-state index in [1.807, 2.05) is 13.2 Å². The van der Waals surface area contributed by atoms with Gasteiger partial charge in [-0.05, 0) is 26.0 Å². The minimum atomic E-state index is 0.154. The summed E-state index contributed by atoms with van der Waals surface area (Å²) in [7, 11) is 0. The monoisotopic (exact) mass is 284 g/mol. The first kappa shape index (κ1) is 13.9. The molecule has 1 N–H and O–H groups in total. The van der Waals surface area contributed by atoms with Gasteiger partial charge >= 0.3 is 0 Å². The van der Waals surface area contributed by atoms with Gasteiger partial charge in [0.15, 0.2) is 0 Å². The highest BCUT2D eigenvalue weighted by Crippen LogP contribution is 2.25. The Labute approximate surface area is 117 Å². The van der Waals surface area contributed by atoms with Gasteiger partial charge in [0.05, 0.1) is 12.1 Å². The molecule has 0 spiro atoms. The molecule has 0 saturated heterocycles. The molecule has 1 saturated carbocycles. The van der Waals surface area contributed by atoms with Crippen molar-refractivity contribution in [3.63, 3.8) is 0 Å². The van der Waals surface area contributed by atoms with Crippen LogP contribution in [0, 0.1) is 6.92 Å². The number of nitrogens with one attached hydrogen (secondary N) is 1. The molecule has 3 nitrogen and oxygen atoms in total. The minimum absolute atomic E-state index is 0.154. The van der Waals surface area contributed by atoms with Crippen molar-refractivity contribution in [2.24, 2.45) is 0 Å². The zero-order valence-corrected chi connectivity index (χ0v) is 12.6. The van der Waals surface area contributed by atoms with Crippen LogP contribution in [0.4, 0.5) is 0 Å². The van der Waals surface area contributed by atoms with Crippen LogP contribution >= 0.6 is 23.1 Å². The van der Waals surface area contributed by atoms with Crippen molar-refractivity contribution in [1.29, 1.82) is 0 Å². The average molecular weight is 284 g/mol. The predicted molar refractivity (Wildman–Crippen MR) is 77.4 cm³/mol. The largest absolute Gasteiger partial charge is 0.353 e. The number of nitrogens with zero attached hydrogens (tertiary/aromatic N) is 1. The third-order valence-corrected chi connectivity index (χ3v) is 5.48. The number of carbonyl (C=O) groups is 1. The second-order valence-electron chi connectivity index (χ2n) is 4.77. The van der Waals surface area contributed by atoms with E-state index in [4.69, 9.17) is 0 Å². The fourth-order valence-corrected chi connectivity index (χ4v) is 3.98. The minimum Gasteiger partial charge on any atom is -0.353 e. The molecule has 0 aliphatic heterocycles. The predicted octanol–water partition coefficient (Wildman–Crippen LogP) is 3.16. The van der Waals surface area contributed by atoms with Gasteiger partial charge in [-0.1, -0.05) is 31.0 Å². The summed E-state index contributed by atoms with van der Waals surface area (Å²) in [5.41, 5.74) is 1.00. The SMILES string of the molecule is CSc1nc(C)c(CC(=O)NC2CCCCC2)s1. The van der Waals surface area contributed by atoms with Crippen LogP contribution in [0.1, 0.15) is 42.7 Å². The fraction of sp³-hybridized carbons (Fsp3) is 0.692. The van der Waals surface area contributed by atoms with Crippen LogP contribution in [0.5, 0.6) is 0 Å². The van der Waals surface area contributed by atoms with Crippen molar-refractivity contribution in [1.82, 2.24) is 10.3 Å². The second kappa shape index (κ2) is 6.57. The number of rotatable bonds is 4. The van der Waals surface area contributed by atoms with Crippen LogP contribution in [0.25, 0.3) is 0 Å². The smallest absolute Gasteiger partial charge is 0.225 e. The molecule has 0 bridgehead atoms. The maximum atomic E-state index is 12.0. The molecule has 100 valence electrons. The lowest BCUT2D eigenvalue weighted by atomic mass is 9.95. The van der Waals surface area contributed by atoms with E-state index >= 15 is 0 Å². The van der Waals surface area contributed by atoms with Gasteiger partial charge in [0.2, 0.25) is 5.91 Å². The molecule has 1 aromatic heterocycles. The van der Waals surface area contributed by atoms with Crippen LogP contribution in [0.15, 0.2) is 4.34 Å². The van der Waals surface area contributed by atoms with Gasteiger partial charge in [-0.3, -0.25) is 4.79 Å². The first-order valence-corrected chi connectivity index (χ1v) is 8.53. The number of hydrogen-bond acceptors (Lipinski definition) is 4. The Morgan fingerprint density at radius 3 is 2.78 bits per heavy atom. The quantitative estimate of drug-likeness (QED) is 0.864. The van der Waals surface area contributed by atoms with E-state index in [2.05, 4.69) is 10.3 Å². The number of amides is 1. The van der Waals surface area contributed by atoms with Crippen molar-refractivity contribution >= 4 is 29.0 Å². The average Bonchev–Trinajstić information content (AvgIpc) is 2.71. The van der Waals surface area contributed by atoms with Gasteiger partial charge in [-0.25, -0.2) is 4.98 Å². The Morgan fingerprint density at radius 2 is 2.17 bits per heavy atom. The van der Waals surface area contributed by atoms with Gasteiger partial charge < -0.3 is 5.32 Å². The van der Waals surface area contributed by atoms with Crippen molar-refractivity contribution in [2.75, 3.05) is 6.26 Å².